The summed E-state index contributed by atoms with van der Waals surface area (Å²) in [6.45, 7) is 1.08. The summed E-state index contributed by atoms with van der Waals surface area (Å²) in [5.41, 5.74) is 6.42. The van der Waals surface area contributed by atoms with Gasteiger partial charge in [-0.15, -0.1) is 12.4 Å². The molecule has 4 rings (SSSR count). The molecule has 2 heterocycles. The largest absolute Gasteiger partial charge is 0.446 e. The number of carbonyl (C=O) groups is 1. The first-order valence-corrected chi connectivity index (χ1v) is 8.44. The molecule has 0 radical (unpaired) electrons. The van der Waals surface area contributed by atoms with E-state index in [2.05, 4.69) is 10.3 Å². The highest BCUT2D eigenvalue weighted by atomic mass is 35.5. The maximum atomic E-state index is 13.9. The molecule has 136 valence electrons. The van der Waals surface area contributed by atoms with E-state index < -0.39 is 5.66 Å². The number of fused-ring (bicyclic) bond motifs is 1. The number of carbonyl (C=O) groups excluding carboxylic acids is 1. The minimum absolute atomic E-state index is 0. The molecular formula is C17H22ClFN4O2. The molecule has 3 aliphatic rings. The normalized spacial score (nSPS) is 21.3. The van der Waals surface area contributed by atoms with Gasteiger partial charge in [0.1, 0.15) is 23.4 Å². The van der Waals surface area contributed by atoms with Crippen LogP contribution in [-0.4, -0.2) is 41.7 Å². The lowest BCUT2D eigenvalue weighted by Crippen LogP contribution is -2.52. The Kier molecular flexibility index (Phi) is 4.77. The third kappa shape index (κ3) is 3.25. The fraction of sp³-hybridized carbons (Fsp3) is 0.529. The summed E-state index contributed by atoms with van der Waals surface area (Å²) in [6.07, 6.45) is 4.14. The minimum atomic E-state index is -0.571. The standard InChI is InChI=1S/C17H21FN4O2.ClH/c18-12-5-2-6-13-14(12)15(19)21-17(20-13)7-9-22(10-8-17)16(23)24-11-3-1-4-11;/h2,5-6,11,20H,1,3-4,7-10H2,(H2,19,21);1H. The number of anilines is 1. The summed E-state index contributed by atoms with van der Waals surface area (Å²) in [5.74, 6) is -0.162. The fourth-order valence-corrected chi connectivity index (χ4v) is 3.46. The van der Waals surface area contributed by atoms with Gasteiger partial charge in [-0.3, -0.25) is 0 Å². The van der Waals surface area contributed by atoms with Crippen molar-refractivity contribution in [3.63, 3.8) is 0 Å². The molecule has 1 aromatic carbocycles. The Hall–Kier alpha value is -2.02. The smallest absolute Gasteiger partial charge is 0.410 e. The molecule has 0 bridgehead atoms. The zero-order valence-electron chi connectivity index (χ0n) is 13.8. The van der Waals surface area contributed by atoms with Crippen LogP contribution in [0.15, 0.2) is 23.2 Å². The molecule has 0 unspecified atom stereocenters. The van der Waals surface area contributed by atoms with E-state index in [0.29, 0.717) is 37.2 Å². The molecule has 2 fully saturated rings. The summed E-state index contributed by atoms with van der Waals surface area (Å²) < 4.78 is 19.4. The van der Waals surface area contributed by atoms with Crippen molar-refractivity contribution in [3.8, 4) is 0 Å². The Bertz CT molecular complexity index is 700. The van der Waals surface area contributed by atoms with Crippen molar-refractivity contribution in [1.29, 1.82) is 0 Å². The number of piperidine rings is 1. The molecule has 0 aromatic heterocycles. The molecule has 2 aliphatic heterocycles. The highest BCUT2D eigenvalue weighted by Crippen LogP contribution is 2.35. The van der Waals surface area contributed by atoms with Crippen molar-refractivity contribution in [2.24, 2.45) is 10.7 Å². The Morgan fingerprint density at radius 1 is 1.36 bits per heavy atom. The number of likely N-dealkylation sites (tertiary alicyclic amines) is 1. The number of hydrogen-bond donors (Lipinski definition) is 2. The van der Waals surface area contributed by atoms with Crippen molar-refractivity contribution in [2.75, 3.05) is 18.4 Å². The van der Waals surface area contributed by atoms with Gasteiger partial charge in [-0.2, -0.15) is 0 Å². The second-order valence-corrected chi connectivity index (χ2v) is 6.74. The number of nitrogens with one attached hydrogen (secondary N) is 1. The number of benzene rings is 1. The first-order chi connectivity index (χ1) is 11.6. The lowest BCUT2D eigenvalue weighted by Gasteiger charge is -2.42. The quantitative estimate of drug-likeness (QED) is 0.798. The van der Waals surface area contributed by atoms with Crippen molar-refractivity contribution in [1.82, 2.24) is 4.90 Å². The molecule has 1 aliphatic carbocycles. The molecule has 0 atom stereocenters. The first-order valence-electron chi connectivity index (χ1n) is 8.44. The van der Waals surface area contributed by atoms with Gasteiger partial charge in [-0.1, -0.05) is 6.07 Å². The monoisotopic (exact) mass is 368 g/mol. The van der Waals surface area contributed by atoms with E-state index >= 15 is 0 Å². The van der Waals surface area contributed by atoms with Crippen LogP contribution in [0.2, 0.25) is 0 Å². The van der Waals surface area contributed by atoms with Crippen LogP contribution in [0.4, 0.5) is 14.9 Å². The van der Waals surface area contributed by atoms with Crippen molar-refractivity contribution in [2.45, 2.75) is 43.9 Å². The number of hydrogen-bond acceptors (Lipinski definition) is 5. The highest BCUT2D eigenvalue weighted by Gasteiger charge is 2.40. The molecule has 6 nitrogen and oxygen atoms in total. The van der Waals surface area contributed by atoms with Gasteiger partial charge < -0.3 is 20.7 Å². The number of ether oxygens (including phenoxy) is 1. The second kappa shape index (κ2) is 6.71. The number of amidine groups is 1. The van der Waals surface area contributed by atoms with Crippen molar-refractivity contribution >= 4 is 30.0 Å². The number of aliphatic imine (C=N–C) groups is 1. The van der Waals surface area contributed by atoms with E-state index in [1.807, 2.05) is 0 Å². The number of nitrogens with zero attached hydrogens (tertiary/aromatic N) is 2. The zero-order valence-corrected chi connectivity index (χ0v) is 14.7. The topological polar surface area (TPSA) is 80.0 Å². The van der Waals surface area contributed by atoms with E-state index in [1.165, 1.54) is 6.07 Å². The fourth-order valence-electron chi connectivity index (χ4n) is 3.46. The van der Waals surface area contributed by atoms with Crippen LogP contribution in [-0.2, 0) is 4.74 Å². The van der Waals surface area contributed by atoms with Crippen LogP contribution in [0, 0.1) is 5.82 Å². The summed E-state index contributed by atoms with van der Waals surface area (Å²) >= 11 is 0. The van der Waals surface area contributed by atoms with Gasteiger partial charge >= 0.3 is 6.09 Å². The Morgan fingerprint density at radius 2 is 2.08 bits per heavy atom. The summed E-state index contributed by atoms with van der Waals surface area (Å²) in [6, 6.07) is 4.83. The van der Waals surface area contributed by atoms with E-state index in [0.717, 1.165) is 19.3 Å². The molecule has 1 saturated carbocycles. The van der Waals surface area contributed by atoms with Crippen LogP contribution in [0.5, 0.6) is 0 Å². The van der Waals surface area contributed by atoms with E-state index in [9.17, 15) is 9.18 Å². The highest BCUT2D eigenvalue weighted by molar-refractivity contribution is 6.04. The first kappa shape index (κ1) is 17.8. The molecule has 25 heavy (non-hydrogen) atoms. The third-order valence-corrected chi connectivity index (χ3v) is 5.14. The maximum Gasteiger partial charge on any atom is 0.410 e. The van der Waals surface area contributed by atoms with Gasteiger partial charge in [-0.25, -0.2) is 14.2 Å². The van der Waals surface area contributed by atoms with Gasteiger partial charge in [0.15, 0.2) is 0 Å². The zero-order chi connectivity index (χ0) is 16.7. The summed E-state index contributed by atoms with van der Waals surface area (Å²) in [4.78, 5) is 18.4. The predicted octanol–water partition coefficient (Wildman–Crippen LogP) is 2.86. The van der Waals surface area contributed by atoms with E-state index in [-0.39, 0.29) is 36.3 Å². The molecule has 8 heteroatoms. The molecule has 1 spiro atoms. The summed E-state index contributed by atoms with van der Waals surface area (Å²) in [5, 5.41) is 3.32. The van der Waals surface area contributed by atoms with Crippen molar-refractivity contribution in [3.05, 3.63) is 29.6 Å². The Morgan fingerprint density at radius 3 is 2.72 bits per heavy atom. The van der Waals surface area contributed by atoms with Gasteiger partial charge in [0.25, 0.3) is 0 Å². The van der Waals surface area contributed by atoms with Crippen LogP contribution in [0.25, 0.3) is 0 Å². The Labute approximate surface area is 152 Å². The lowest BCUT2D eigenvalue weighted by molar-refractivity contribution is 0.0202. The average Bonchev–Trinajstić information content (AvgIpc) is 2.51. The maximum absolute atomic E-state index is 13.9. The van der Waals surface area contributed by atoms with Gasteiger partial charge in [0.2, 0.25) is 0 Å². The molecule has 1 aromatic rings. The SMILES string of the molecule is Cl.NC1=NC2(CCN(C(=O)OC3CCC3)CC2)Nc2cccc(F)c21. The number of nitrogens with two attached hydrogens (primary N) is 1. The molecule has 1 saturated heterocycles. The number of rotatable bonds is 1. The van der Waals surface area contributed by atoms with E-state index in [4.69, 9.17) is 10.5 Å². The number of amides is 1. The van der Waals surface area contributed by atoms with Gasteiger partial charge in [0, 0.05) is 31.6 Å². The second-order valence-electron chi connectivity index (χ2n) is 6.74. The molecular weight excluding hydrogens is 347 g/mol. The van der Waals surface area contributed by atoms with Gasteiger partial charge in [0.05, 0.1) is 5.56 Å². The lowest BCUT2D eigenvalue weighted by atomic mass is 9.93. The van der Waals surface area contributed by atoms with Crippen molar-refractivity contribution < 1.29 is 13.9 Å². The van der Waals surface area contributed by atoms with Crippen LogP contribution in [0.3, 0.4) is 0 Å². The Balaban J connectivity index is 0.00000182. The number of halogens is 2. The molecule has 3 N–H and O–H groups in total. The van der Waals surface area contributed by atoms with Crippen LogP contribution >= 0.6 is 12.4 Å². The third-order valence-electron chi connectivity index (χ3n) is 5.14. The van der Waals surface area contributed by atoms with Crippen LogP contribution < -0.4 is 11.1 Å². The summed E-state index contributed by atoms with van der Waals surface area (Å²) in [7, 11) is 0. The predicted molar refractivity (Wildman–Crippen MR) is 95.7 cm³/mol. The minimum Gasteiger partial charge on any atom is -0.446 e. The van der Waals surface area contributed by atoms with Crippen LogP contribution in [0.1, 0.15) is 37.7 Å². The van der Waals surface area contributed by atoms with Gasteiger partial charge in [-0.05, 0) is 31.4 Å². The molecule has 1 amide bonds. The average molecular weight is 369 g/mol. The van der Waals surface area contributed by atoms with E-state index in [1.54, 1.807) is 17.0 Å².